The molecule has 0 aliphatic carbocycles. The summed E-state index contributed by atoms with van der Waals surface area (Å²) >= 11 is 0. The van der Waals surface area contributed by atoms with Crippen molar-refractivity contribution < 1.29 is 18.7 Å². The molecule has 3 rings (SSSR count). The fraction of sp³-hybridized carbons (Fsp3) is 0.440. The number of carbonyl (C=O) groups is 2. The zero-order valence-electron chi connectivity index (χ0n) is 19.1. The number of anilines is 1. The molecular formula is C25H32FN3O3. The largest absolute Gasteiger partial charge is 0.468 e. The first-order valence-electron chi connectivity index (χ1n) is 11.2. The highest BCUT2D eigenvalue weighted by atomic mass is 19.1. The third-order valence-electron chi connectivity index (χ3n) is 5.92. The maximum atomic E-state index is 15.0. The number of ether oxygens (including phenoxy) is 1. The van der Waals surface area contributed by atoms with Crippen LogP contribution >= 0.6 is 0 Å². The molecule has 2 aromatic carbocycles. The van der Waals surface area contributed by atoms with Gasteiger partial charge < -0.3 is 14.5 Å². The first kappa shape index (κ1) is 23.7. The van der Waals surface area contributed by atoms with Gasteiger partial charge in [0, 0.05) is 44.8 Å². The third-order valence-corrected chi connectivity index (χ3v) is 5.92. The lowest BCUT2D eigenvalue weighted by atomic mass is 10.0. The normalized spacial score (nSPS) is 15.3. The average molecular weight is 442 g/mol. The summed E-state index contributed by atoms with van der Waals surface area (Å²) in [5.41, 5.74) is 1.73. The molecule has 172 valence electrons. The Kier molecular flexibility index (Phi) is 8.22. The molecule has 0 saturated carbocycles. The number of hydrogen-bond donors (Lipinski definition) is 0. The fourth-order valence-electron chi connectivity index (χ4n) is 4.22. The number of halogens is 1. The van der Waals surface area contributed by atoms with Gasteiger partial charge in [0.1, 0.15) is 11.9 Å². The first-order chi connectivity index (χ1) is 15.5. The van der Waals surface area contributed by atoms with Crippen LogP contribution in [-0.2, 0) is 9.53 Å². The summed E-state index contributed by atoms with van der Waals surface area (Å²) in [6.45, 7) is 7.52. The lowest BCUT2D eigenvalue weighted by Gasteiger charge is -2.39. The molecule has 0 radical (unpaired) electrons. The lowest BCUT2D eigenvalue weighted by molar-refractivity contribution is -0.147. The van der Waals surface area contributed by atoms with E-state index in [1.54, 1.807) is 17.0 Å². The fourth-order valence-corrected chi connectivity index (χ4v) is 4.22. The van der Waals surface area contributed by atoms with Crippen molar-refractivity contribution >= 4 is 17.6 Å². The van der Waals surface area contributed by atoms with E-state index in [0.717, 1.165) is 12.0 Å². The number of amides is 1. The van der Waals surface area contributed by atoms with Crippen LogP contribution in [0.25, 0.3) is 0 Å². The van der Waals surface area contributed by atoms with E-state index in [-0.39, 0.29) is 11.9 Å². The Morgan fingerprint density at radius 1 is 1.06 bits per heavy atom. The molecule has 0 spiro atoms. The minimum atomic E-state index is -0.480. The smallest absolute Gasteiger partial charge is 0.327 e. The molecule has 1 aliphatic heterocycles. The topological polar surface area (TPSA) is 53.1 Å². The molecule has 1 atom stereocenters. The second-order valence-electron chi connectivity index (χ2n) is 7.91. The predicted molar refractivity (Wildman–Crippen MR) is 123 cm³/mol. The van der Waals surface area contributed by atoms with Crippen LogP contribution in [0.1, 0.15) is 42.2 Å². The predicted octanol–water partition coefficient (Wildman–Crippen LogP) is 3.73. The van der Waals surface area contributed by atoms with Crippen LogP contribution in [0.2, 0.25) is 0 Å². The zero-order valence-corrected chi connectivity index (χ0v) is 19.1. The van der Waals surface area contributed by atoms with Crippen molar-refractivity contribution in [2.45, 2.75) is 26.3 Å². The number of methoxy groups -OCH3 is 1. The van der Waals surface area contributed by atoms with Crippen LogP contribution in [0.3, 0.4) is 0 Å². The molecule has 6 nitrogen and oxygen atoms in total. The molecule has 1 aliphatic rings. The van der Waals surface area contributed by atoms with Gasteiger partial charge in [0.15, 0.2) is 0 Å². The summed E-state index contributed by atoms with van der Waals surface area (Å²) in [5, 5.41) is 0. The number of benzene rings is 2. The van der Waals surface area contributed by atoms with Crippen molar-refractivity contribution in [3.05, 3.63) is 65.5 Å². The van der Waals surface area contributed by atoms with Crippen molar-refractivity contribution in [3.8, 4) is 0 Å². The summed E-state index contributed by atoms with van der Waals surface area (Å²) in [7, 11) is 1.40. The van der Waals surface area contributed by atoms with E-state index in [1.807, 2.05) is 49.1 Å². The Bertz CT molecular complexity index is 914. The molecule has 7 heteroatoms. The van der Waals surface area contributed by atoms with Crippen LogP contribution in [0, 0.1) is 5.82 Å². The molecule has 0 bridgehead atoms. The standard InChI is InChI=1S/C25H32FN3O3/c1-4-13-27(5-2)24(30)20-11-12-22(21(26)18-20)28-14-16-29(17-15-28)23(25(31)32-3)19-9-7-6-8-10-19/h6-12,18,23H,4-5,13-17H2,1-3H3. The van der Waals surface area contributed by atoms with Gasteiger partial charge in [-0.05, 0) is 37.1 Å². The van der Waals surface area contributed by atoms with Crippen molar-refractivity contribution in [3.63, 3.8) is 0 Å². The number of carbonyl (C=O) groups excluding carboxylic acids is 2. The number of esters is 1. The highest BCUT2D eigenvalue weighted by Crippen LogP contribution is 2.27. The van der Waals surface area contributed by atoms with Gasteiger partial charge in [-0.15, -0.1) is 0 Å². The molecule has 32 heavy (non-hydrogen) atoms. The maximum Gasteiger partial charge on any atom is 0.327 e. The van der Waals surface area contributed by atoms with Crippen molar-refractivity contribution in [1.82, 2.24) is 9.80 Å². The Balaban J connectivity index is 1.70. The summed E-state index contributed by atoms with van der Waals surface area (Å²) in [6.07, 6.45) is 0.861. The molecule has 1 fully saturated rings. The first-order valence-corrected chi connectivity index (χ1v) is 11.2. The molecule has 1 saturated heterocycles. The summed E-state index contributed by atoms with van der Waals surface area (Å²) in [5.74, 6) is -0.843. The number of nitrogens with zero attached hydrogens (tertiary/aromatic N) is 3. The Labute approximate surface area is 189 Å². The van der Waals surface area contributed by atoms with Crippen LogP contribution in [0.15, 0.2) is 48.5 Å². The minimum absolute atomic E-state index is 0.145. The van der Waals surface area contributed by atoms with E-state index in [0.29, 0.717) is 50.5 Å². The van der Waals surface area contributed by atoms with Crippen molar-refractivity contribution in [2.75, 3.05) is 51.3 Å². The van der Waals surface area contributed by atoms with Crippen molar-refractivity contribution in [2.24, 2.45) is 0 Å². The Morgan fingerprint density at radius 3 is 2.31 bits per heavy atom. The average Bonchev–Trinajstić information content (AvgIpc) is 2.83. The van der Waals surface area contributed by atoms with E-state index < -0.39 is 11.9 Å². The van der Waals surface area contributed by atoms with Gasteiger partial charge in [-0.1, -0.05) is 37.3 Å². The number of rotatable bonds is 8. The Hall–Kier alpha value is -2.93. The quantitative estimate of drug-likeness (QED) is 0.585. The molecular weight excluding hydrogens is 409 g/mol. The lowest BCUT2D eigenvalue weighted by Crippen LogP contribution is -2.49. The van der Waals surface area contributed by atoms with Gasteiger partial charge in [0.05, 0.1) is 12.8 Å². The van der Waals surface area contributed by atoms with E-state index in [1.165, 1.54) is 13.2 Å². The highest BCUT2D eigenvalue weighted by Gasteiger charge is 2.31. The molecule has 0 N–H and O–H groups in total. The second-order valence-corrected chi connectivity index (χ2v) is 7.91. The summed E-state index contributed by atoms with van der Waals surface area (Å²) < 4.78 is 20.0. The van der Waals surface area contributed by atoms with E-state index in [2.05, 4.69) is 4.90 Å². The van der Waals surface area contributed by atoms with Gasteiger partial charge in [-0.25, -0.2) is 9.18 Å². The number of hydrogen-bond acceptors (Lipinski definition) is 5. The Morgan fingerprint density at radius 2 is 1.75 bits per heavy atom. The van der Waals surface area contributed by atoms with Crippen LogP contribution in [0.5, 0.6) is 0 Å². The third kappa shape index (κ3) is 5.27. The van der Waals surface area contributed by atoms with E-state index in [9.17, 15) is 14.0 Å². The summed E-state index contributed by atoms with van der Waals surface area (Å²) in [4.78, 5) is 30.9. The molecule has 1 unspecified atom stereocenters. The maximum absolute atomic E-state index is 15.0. The highest BCUT2D eigenvalue weighted by molar-refractivity contribution is 5.94. The van der Waals surface area contributed by atoms with Gasteiger partial charge >= 0.3 is 5.97 Å². The van der Waals surface area contributed by atoms with Crippen LogP contribution in [-0.4, -0.2) is 68.1 Å². The van der Waals surface area contributed by atoms with Gasteiger partial charge in [0.2, 0.25) is 0 Å². The molecule has 1 amide bonds. The van der Waals surface area contributed by atoms with Gasteiger partial charge in [-0.2, -0.15) is 0 Å². The molecule has 2 aromatic rings. The van der Waals surface area contributed by atoms with E-state index in [4.69, 9.17) is 4.74 Å². The number of piperazine rings is 1. The second kappa shape index (κ2) is 11.1. The molecule has 0 aromatic heterocycles. The van der Waals surface area contributed by atoms with Crippen LogP contribution in [0.4, 0.5) is 10.1 Å². The minimum Gasteiger partial charge on any atom is -0.468 e. The molecule has 1 heterocycles. The van der Waals surface area contributed by atoms with Gasteiger partial charge in [0.25, 0.3) is 5.91 Å². The van der Waals surface area contributed by atoms with Crippen LogP contribution < -0.4 is 4.90 Å². The van der Waals surface area contributed by atoms with Crippen molar-refractivity contribution in [1.29, 1.82) is 0 Å². The van der Waals surface area contributed by atoms with Gasteiger partial charge in [-0.3, -0.25) is 9.69 Å². The monoisotopic (exact) mass is 441 g/mol. The summed E-state index contributed by atoms with van der Waals surface area (Å²) in [6, 6.07) is 13.8. The SMILES string of the molecule is CCCN(CC)C(=O)c1ccc(N2CCN(C(C(=O)OC)c3ccccc3)CC2)c(F)c1. The zero-order chi connectivity index (χ0) is 23.1. The van der Waals surface area contributed by atoms with E-state index >= 15 is 0 Å².